The third kappa shape index (κ3) is 3.23. The second-order valence-electron chi connectivity index (χ2n) is 6.88. The number of rotatable bonds is 5. The van der Waals surface area contributed by atoms with Gasteiger partial charge >= 0.3 is 5.97 Å². The van der Waals surface area contributed by atoms with Gasteiger partial charge in [-0.05, 0) is 35.2 Å². The molecule has 0 saturated heterocycles. The summed E-state index contributed by atoms with van der Waals surface area (Å²) in [6.45, 7) is 0.830. The fourth-order valence-corrected chi connectivity index (χ4v) is 4.29. The molecule has 27 heavy (non-hydrogen) atoms. The lowest BCUT2D eigenvalue weighted by Gasteiger charge is -2.30. The number of aromatic nitrogens is 1. The van der Waals surface area contributed by atoms with E-state index < -0.39 is 12.0 Å². The number of carboxylic acid groups (broad SMARTS) is 1. The number of aliphatic carboxylic acids is 1. The molecule has 5 nitrogen and oxygen atoms in total. The number of nitrogens with one attached hydrogen (secondary N) is 2. The van der Waals surface area contributed by atoms with E-state index in [4.69, 9.17) is 16.3 Å². The predicted octanol–water partition coefficient (Wildman–Crippen LogP) is 3.70. The summed E-state index contributed by atoms with van der Waals surface area (Å²) in [5.74, 6) is -1.13. The van der Waals surface area contributed by atoms with Crippen molar-refractivity contribution in [1.29, 1.82) is 0 Å². The molecule has 1 aliphatic rings. The van der Waals surface area contributed by atoms with E-state index in [-0.39, 0.29) is 5.92 Å². The number of H-pyrrole nitrogens is 1. The number of ether oxygens (including phenoxy) is 1. The van der Waals surface area contributed by atoms with Crippen molar-refractivity contribution in [3.8, 4) is 0 Å². The number of benzene rings is 2. The minimum Gasteiger partial charge on any atom is -0.480 e. The molecule has 6 heteroatoms. The number of aromatic amines is 1. The van der Waals surface area contributed by atoms with Crippen LogP contribution >= 0.6 is 11.6 Å². The van der Waals surface area contributed by atoms with E-state index >= 15 is 0 Å². The Hall–Kier alpha value is -2.34. The summed E-state index contributed by atoms with van der Waals surface area (Å²) >= 11 is 6.37. The molecule has 2 heterocycles. The lowest BCUT2D eigenvalue weighted by Crippen LogP contribution is -2.46. The molecular weight excluding hydrogens is 364 g/mol. The smallest absolute Gasteiger partial charge is 0.321 e. The van der Waals surface area contributed by atoms with E-state index in [1.165, 1.54) is 0 Å². The third-order valence-corrected chi connectivity index (χ3v) is 5.62. The minimum atomic E-state index is -0.861. The van der Waals surface area contributed by atoms with Crippen molar-refractivity contribution < 1.29 is 14.6 Å². The highest BCUT2D eigenvalue weighted by Gasteiger charge is 2.37. The molecular formula is C21H21ClN2O3. The van der Waals surface area contributed by atoms with Crippen LogP contribution in [-0.2, 0) is 22.5 Å². The van der Waals surface area contributed by atoms with Crippen molar-refractivity contribution in [2.75, 3.05) is 13.7 Å². The number of halogens is 1. The molecule has 2 unspecified atom stereocenters. The average Bonchev–Trinajstić information content (AvgIpc) is 3.03. The zero-order valence-electron chi connectivity index (χ0n) is 15.0. The molecule has 0 bridgehead atoms. The first-order valence-electron chi connectivity index (χ1n) is 8.91. The summed E-state index contributed by atoms with van der Waals surface area (Å²) in [5, 5.41) is 14.6. The van der Waals surface area contributed by atoms with Gasteiger partial charge in [0.25, 0.3) is 0 Å². The zero-order chi connectivity index (χ0) is 19.0. The van der Waals surface area contributed by atoms with Gasteiger partial charge in [0.1, 0.15) is 6.04 Å². The maximum Gasteiger partial charge on any atom is 0.321 e. The van der Waals surface area contributed by atoms with E-state index in [1.807, 2.05) is 36.4 Å². The van der Waals surface area contributed by atoms with Crippen LogP contribution in [0.1, 0.15) is 28.3 Å². The van der Waals surface area contributed by atoms with Crippen LogP contribution in [0.25, 0.3) is 10.9 Å². The van der Waals surface area contributed by atoms with Crippen LogP contribution in [-0.4, -0.2) is 35.8 Å². The second kappa shape index (κ2) is 7.35. The van der Waals surface area contributed by atoms with Crippen LogP contribution < -0.4 is 5.32 Å². The van der Waals surface area contributed by atoms with Gasteiger partial charge in [0.15, 0.2) is 0 Å². The van der Waals surface area contributed by atoms with Gasteiger partial charge in [-0.3, -0.25) is 10.1 Å². The molecule has 0 fully saturated rings. The van der Waals surface area contributed by atoms with Gasteiger partial charge in [0, 0.05) is 41.2 Å². The van der Waals surface area contributed by atoms with Crippen LogP contribution in [0, 0.1) is 0 Å². The summed E-state index contributed by atoms with van der Waals surface area (Å²) in [5.41, 5.74) is 5.26. The summed E-state index contributed by atoms with van der Waals surface area (Å²) in [6, 6.07) is 13.3. The maximum absolute atomic E-state index is 11.8. The number of hydrogen-bond donors (Lipinski definition) is 3. The van der Waals surface area contributed by atoms with Crippen molar-refractivity contribution in [3.05, 3.63) is 69.9 Å². The van der Waals surface area contributed by atoms with E-state index in [1.54, 1.807) is 7.11 Å². The second-order valence-corrected chi connectivity index (χ2v) is 7.29. The lowest BCUT2D eigenvalue weighted by atomic mass is 9.85. The predicted molar refractivity (Wildman–Crippen MR) is 105 cm³/mol. The number of carbonyl (C=O) groups is 1. The van der Waals surface area contributed by atoms with Gasteiger partial charge in [-0.15, -0.1) is 0 Å². The lowest BCUT2D eigenvalue weighted by molar-refractivity contribution is -0.140. The number of hydrogen-bond acceptors (Lipinski definition) is 3. The van der Waals surface area contributed by atoms with Gasteiger partial charge in [-0.25, -0.2) is 0 Å². The Kier molecular flexibility index (Phi) is 4.91. The van der Waals surface area contributed by atoms with Gasteiger partial charge in [0.05, 0.1) is 6.61 Å². The number of carboxylic acids is 1. The molecule has 1 aliphatic heterocycles. The monoisotopic (exact) mass is 384 g/mol. The fraction of sp³-hybridized carbons (Fsp3) is 0.286. The first-order chi connectivity index (χ1) is 13.1. The molecule has 3 aromatic rings. The molecule has 0 saturated carbocycles. The average molecular weight is 385 g/mol. The first-order valence-corrected chi connectivity index (χ1v) is 9.28. The molecule has 2 atom stereocenters. The minimum absolute atomic E-state index is 0.266. The topological polar surface area (TPSA) is 74.3 Å². The van der Waals surface area contributed by atoms with E-state index in [0.717, 1.165) is 38.3 Å². The summed E-state index contributed by atoms with van der Waals surface area (Å²) < 4.78 is 5.38. The summed E-state index contributed by atoms with van der Waals surface area (Å²) in [6.07, 6.45) is 0.687. The highest BCUT2D eigenvalue weighted by atomic mass is 35.5. The Morgan fingerprint density at radius 1 is 1.22 bits per heavy atom. The number of fused-ring (bicyclic) bond motifs is 3. The highest BCUT2D eigenvalue weighted by Crippen LogP contribution is 2.38. The largest absolute Gasteiger partial charge is 0.480 e. The van der Waals surface area contributed by atoms with Gasteiger partial charge in [-0.1, -0.05) is 41.9 Å². The summed E-state index contributed by atoms with van der Waals surface area (Å²) in [4.78, 5) is 15.2. The van der Waals surface area contributed by atoms with Gasteiger partial charge in [-0.2, -0.15) is 0 Å². The zero-order valence-corrected chi connectivity index (χ0v) is 15.7. The molecule has 2 aromatic carbocycles. The molecule has 0 spiro atoms. The Bertz CT molecular complexity index is 998. The Morgan fingerprint density at radius 3 is 2.74 bits per heavy atom. The molecule has 0 amide bonds. The molecule has 1 aromatic heterocycles. The van der Waals surface area contributed by atoms with Crippen LogP contribution in [0.2, 0.25) is 5.02 Å². The molecule has 4 rings (SSSR count). The van der Waals surface area contributed by atoms with Crippen molar-refractivity contribution in [3.63, 3.8) is 0 Å². The van der Waals surface area contributed by atoms with Crippen molar-refractivity contribution >= 4 is 28.5 Å². The van der Waals surface area contributed by atoms with E-state index in [0.29, 0.717) is 19.6 Å². The molecule has 0 radical (unpaired) electrons. The van der Waals surface area contributed by atoms with E-state index in [9.17, 15) is 9.90 Å². The Morgan fingerprint density at radius 2 is 2.00 bits per heavy atom. The molecule has 0 aliphatic carbocycles. The van der Waals surface area contributed by atoms with Crippen LogP contribution in [0.15, 0.2) is 42.5 Å². The normalized spacial score (nSPS) is 19.2. The van der Waals surface area contributed by atoms with Crippen molar-refractivity contribution in [1.82, 2.24) is 10.3 Å². The molecule has 3 N–H and O–H groups in total. The van der Waals surface area contributed by atoms with Crippen molar-refractivity contribution in [2.45, 2.75) is 24.9 Å². The summed E-state index contributed by atoms with van der Waals surface area (Å²) in [7, 11) is 1.60. The maximum atomic E-state index is 11.8. The van der Waals surface area contributed by atoms with E-state index in [2.05, 4.69) is 16.4 Å². The first kappa shape index (κ1) is 18.0. The quantitative estimate of drug-likeness (QED) is 0.627. The standard InChI is InChI=1S/C21H21ClN2O3/c1-27-11-14-19-17(10-23-20(14)21(25)26)24-16-8-4-6-13(18(16)19)9-12-5-2-3-7-15(12)22/h2-8,14,20,23-24H,9-11H2,1H3,(H,25,26). The SMILES string of the molecule is COCC1c2c([nH]c3cccc(Cc4ccccc4Cl)c23)CNC1C(=O)O. The van der Waals surface area contributed by atoms with Gasteiger partial charge in [0.2, 0.25) is 0 Å². The van der Waals surface area contributed by atoms with Crippen LogP contribution in [0.4, 0.5) is 0 Å². The van der Waals surface area contributed by atoms with Crippen molar-refractivity contribution in [2.24, 2.45) is 0 Å². The molecule has 140 valence electrons. The Labute approximate surface area is 162 Å². The van der Waals surface area contributed by atoms with Gasteiger partial charge < -0.3 is 14.8 Å². The third-order valence-electron chi connectivity index (χ3n) is 5.25. The highest BCUT2D eigenvalue weighted by molar-refractivity contribution is 6.31. The Balaban J connectivity index is 1.87. The fourth-order valence-electron chi connectivity index (χ4n) is 4.09. The van der Waals surface area contributed by atoms with Crippen LogP contribution in [0.3, 0.4) is 0 Å². The van der Waals surface area contributed by atoms with Crippen LogP contribution in [0.5, 0.6) is 0 Å². The number of methoxy groups -OCH3 is 1.